The van der Waals surface area contributed by atoms with Gasteiger partial charge in [0.25, 0.3) is 0 Å². The van der Waals surface area contributed by atoms with Crippen LogP contribution in [-0.2, 0) is 17.6 Å². The Kier molecular flexibility index (Phi) is 10.2. The predicted molar refractivity (Wildman–Crippen MR) is 142 cm³/mol. The Hall–Kier alpha value is -0.820. The molecule has 3 aliphatic carbocycles. The van der Waals surface area contributed by atoms with Crippen LogP contribution in [0.1, 0.15) is 139 Å². The average molecular weight is 453 g/mol. The van der Waals surface area contributed by atoms with E-state index in [-0.39, 0.29) is 0 Å². The maximum Gasteiger partial charge on any atom is 0.0578 e. The largest absolute Gasteiger partial charge is 0.378 e. The van der Waals surface area contributed by atoms with E-state index in [2.05, 4.69) is 32.0 Å². The molecule has 1 nitrogen and oxygen atoms in total. The van der Waals surface area contributed by atoms with Crippen LogP contribution in [0.4, 0.5) is 0 Å². The summed E-state index contributed by atoms with van der Waals surface area (Å²) in [6.45, 7) is 5.60. The van der Waals surface area contributed by atoms with E-state index >= 15 is 0 Å². The van der Waals surface area contributed by atoms with Crippen LogP contribution in [0.5, 0.6) is 0 Å². The van der Waals surface area contributed by atoms with E-state index < -0.39 is 0 Å². The second-order valence-electron chi connectivity index (χ2n) is 11.9. The van der Waals surface area contributed by atoms with Crippen LogP contribution in [-0.4, -0.2) is 12.7 Å². The summed E-state index contributed by atoms with van der Waals surface area (Å²) in [7, 11) is 0. The molecule has 5 unspecified atom stereocenters. The minimum Gasteiger partial charge on any atom is -0.378 e. The molecule has 2 fully saturated rings. The first-order valence-corrected chi connectivity index (χ1v) is 15.0. The molecule has 3 aliphatic rings. The Morgan fingerprint density at radius 1 is 0.758 bits per heavy atom. The molecule has 0 aliphatic heterocycles. The minimum absolute atomic E-state index is 0.558. The number of unbranched alkanes of at least 4 members (excludes halogenated alkanes) is 6. The van der Waals surface area contributed by atoms with Gasteiger partial charge in [0.05, 0.1) is 6.10 Å². The van der Waals surface area contributed by atoms with E-state index in [9.17, 15) is 0 Å². The van der Waals surface area contributed by atoms with Gasteiger partial charge < -0.3 is 4.74 Å². The number of hydrogen-bond donors (Lipinski definition) is 0. The predicted octanol–water partition coefficient (Wildman–Crippen LogP) is 9.41. The van der Waals surface area contributed by atoms with E-state index in [1.54, 1.807) is 16.7 Å². The molecule has 2 saturated carbocycles. The molecular formula is C32H52O. The number of aryl methyl sites for hydroxylation is 1. The molecule has 33 heavy (non-hydrogen) atoms. The van der Waals surface area contributed by atoms with Crippen molar-refractivity contribution in [2.75, 3.05) is 6.61 Å². The third-order valence-electron chi connectivity index (χ3n) is 9.41. The minimum atomic E-state index is 0.558. The molecular weight excluding hydrogens is 400 g/mol. The molecule has 0 amide bonds. The molecule has 0 spiro atoms. The fraction of sp³-hybridized carbons (Fsp3) is 0.812. The third-order valence-corrected chi connectivity index (χ3v) is 9.41. The first-order chi connectivity index (χ1) is 16.3. The number of fused-ring (bicyclic) bond motifs is 2. The summed E-state index contributed by atoms with van der Waals surface area (Å²) in [5.74, 6) is 3.64. The van der Waals surface area contributed by atoms with Gasteiger partial charge in [-0.05, 0) is 105 Å². The molecule has 0 heterocycles. The number of hydrogen-bond acceptors (Lipinski definition) is 1. The number of ether oxygens (including phenoxy) is 1. The van der Waals surface area contributed by atoms with Crippen LogP contribution in [0.3, 0.4) is 0 Å². The van der Waals surface area contributed by atoms with Crippen molar-refractivity contribution in [3.63, 3.8) is 0 Å². The van der Waals surface area contributed by atoms with Crippen molar-refractivity contribution in [1.82, 2.24) is 0 Å². The number of rotatable bonds is 12. The van der Waals surface area contributed by atoms with Crippen molar-refractivity contribution in [3.05, 3.63) is 34.9 Å². The molecule has 0 N–H and O–H groups in total. The second kappa shape index (κ2) is 13.3. The topological polar surface area (TPSA) is 9.23 Å². The van der Waals surface area contributed by atoms with Gasteiger partial charge in [-0.3, -0.25) is 0 Å². The normalized spacial score (nSPS) is 29.5. The van der Waals surface area contributed by atoms with Crippen LogP contribution in [0, 0.1) is 17.8 Å². The first kappa shape index (κ1) is 25.3. The Morgan fingerprint density at radius 3 is 2.39 bits per heavy atom. The maximum atomic E-state index is 6.30. The van der Waals surface area contributed by atoms with Gasteiger partial charge in [-0.25, -0.2) is 0 Å². The van der Waals surface area contributed by atoms with Crippen LogP contribution in [0.15, 0.2) is 18.2 Å². The molecule has 1 heteroatoms. The lowest BCUT2D eigenvalue weighted by atomic mass is 9.65. The van der Waals surface area contributed by atoms with Crippen molar-refractivity contribution >= 4 is 0 Å². The van der Waals surface area contributed by atoms with Crippen molar-refractivity contribution in [2.45, 2.75) is 141 Å². The van der Waals surface area contributed by atoms with E-state index in [1.807, 2.05) is 0 Å². The molecule has 1 aromatic carbocycles. The lowest BCUT2D eigenvalue weighted by Gasteiger charge is -2.42. The van der Waals surface area contributed by atoms with Gasteiger partial charge in [0.2, 0.25) is 0 Å². The Morgan fingerprint density at radius 2 is 1.55 bits per heavy atom. The van der Waals surface area contributed by atoms with E-state index in [4.69, 9.17) is 4.74 Å². The summed E-state index contributed by atoms with van der Waals surface area (Å²) in [6.07, 6.45) is 25.4. The van der Waals surface area contributed by atoms with Crippen molar-refractivity contribution < 1.29 is 4.74 Å². The standard InChI is InChI=1S/C32H52O/c1-3-5-7-9-11-25-12-13-27-22-28(15-14-26(27)21-25)29-16-17-31-24-32(19-18-30(31)23-29)33-20-10-8-6-4-2/h14-15,22,25,29-32H,3-13,16-21,23-24H2,1-2H3. The molecule has 0 saturated heterocycles. The Balaban J connectivity index is 1.22. The van der Waals surface area contributed by atoms with Crippen LogP contribution in [0.25, 0.3) is 0 Å². The molecule has 0 aromatic heterocycles. The zero-order valence-corrected chi connectivity index (χ0v) is 22.0. The highest BCUT2D eigenvalue weighted by Gasteiger charge is 2.36. The van der Waals surface area contributed by atoms with E-state index in [1.165, 1.54) is 116 Å². The van der Waals surface area contributed by atoms with Crippen LogP contribution in [0.2, 0.25) is 0 Å². The van der Waals surface area contributed by atoms with Crippen LogP contribution < -0.4 is 0 Å². The maximum absolute atomic E-state index is 6.30. The van der Waals surface area contributed by atoms with Gasteiger partial charge in [-0.2, -0.15) is 0 Å². The summed E-state index contributed by atoms with van der Waals surface area (Å²) in [6, 6.07) is 7.69. The molecule has 4 rings (SSSR count). The van der Waals surface area contributed by atoms with Crippen molar-refractivity contribution in [3.8, 4) is 0 Å². The fourth-order valence-electron chi connectivity index (χ4n) is 7.29. The molecule has 0 bridgehead atoms. The quantitative estimate of drug-likeness (QED) is 0.287. The van der Waals surface area contributed by atoms with E-state index in [0.29, 0.717) is 6.10 Å². The third kappa shape index (κ3) is 7.33. The van der Waals surface area contributed by atoms with Crippen LogP contribution >= 0.6 is 0 Å². The van der Waals surface area contributed by atoms with E-state index in [0.717, 1.165) is 30.3 Å². The number of benzene rings is 1. The van der Waals surface area contributed by atoms with Gasteiger partial charge >= 0.3 is 0 Å². The lowest BCUT2D eigenvalue weighted by Crippen LogP contribution is -2.34. The highest BCUT2D eigenvalue weighted by molar-refractivity contribution is 5.36. The summed E-state index contributed by atoms with van der Waals surface area (Å²) < 4.78 is 6.30. The molecule has 0 radical (unpaired) electrons. The zero-order valence-electron chi connectivity index (χ0n) is 22.0. The molecule has 1 aromatic rings. The first-order valence-electron chi connectivity index (χ1n) is 15.0. The summed E-state index contributed by atoms with van der Waals surface area (Å²) in [5, 5.41) is 0. The van der Waals surface area contributed by atoms with Gasteiger partial charge in [-0.1, -0.05) is 83.4 Å². The smallest absolute Gasteiger partial charge is 0.0578 e. The van der Waals surface area contributed by atoms with Gasteiger partial charge in [-0.15, -0.1) is 0 Å². The Labute approximate surface area is 205 Å². The summed E-state index contributed by atoms with van der Waals surface area (Å²) in [5.41, 5.74) is 5.04. The zero-order chi connectivity index (χ0) is 22.9. The second-order valence-corrected chi connectivity index (χ2v) is 11.9. The summed E-state index contributed by atoms with van der Waals surface area (Å²) >= 11 is 0. The van der Waals surface area contributed by atoms with Gasteiger partial charge in [0, 0.05) is 6.61 Å². The van der Waals surface area contributed by atoms with Crippen molar-refractivity contribution in [2.24, 2.45) is 17.8 Å². The highest BCUT2D eigenvalue weighted by Crippen LogP contribution is 2.47. The van der Waals surface area contributed by atoms with Crippen molar-refractivity contribution in [1.29, 1.82) is 0 Å². The van der Waals surface area contributed by atoms with Gasteiger partial charge in [0.15, 0.2) is 0 Å². The highest BCUT2D eigenvalue weighted by atomic mass is 16.5. The SMILES string of the molecule is CCCCCCOC1CCC2CC(c3ccc4c(c3)CCC(CCCCCC)C4)CCC2C1. The monoisotopic (exact) mass is 452 g/mol. The fourth-order valence-corrected chi connectivity index (χ4v) is 7.29. The molecule has 5 atom stereocenters. The average Bonchev–Trinajstić information content (AvgIpc) is 2.86. The lowest BCUT2D eigenvalue weighted by molar-refractivity contribution is -0.0163. The Bertz CT molecular complexity index is 694. The summed E-state index contributed by atoms with van der Waals surface area (Å²) in [4.78, 5) is 0. The molecule has 186 valence electrons. The van der Waals surface area contributed by atoms with Gasteiger partial charge in [0.1, 0.15) is 0 Å².